The van der Waals surface area contributed by atoms with Crippen molar-refractivity contribution >= 4 is 23.3 Å². The van der Waals surface area contributed by atoms with Crippen LogP contribution in [0.15, 0.2) is 79.0 Å². The van der Waals surface area contributed by atoms with E-state index in [2.05, 4.69) is 38.3 Å². The molecule has 2 fully saturated rings. The summed E-state index contributed by atoms with van der Waals surface area (Å²) in [6.07, 6.45) is 2.94. The summed E-state index contributed by atoms with van der Waals surface area (Å²) >= 11 is 0. The Morgan fingerprint density at radius 2 is 1.67 bits per heavy atom. The maximum Gasteiger partial charge on any atom is 0.233 e. The van der Waals surface area contributed by atoms with Crippen LogP contribution in [0.25, 0.3) is 0 Å². The van der Waals surface area contributed by atoms with Crippen molar-refractivity contribution in [1.82, 2.24) is 20.1 Å². The quantitative estimate of drug-likeness (QED) is 0.260. The molecule has 2 unspecified atom stereocenters. The minimum Gasteiger partial charge on any atom is -0.495 e. The summed E-state index contributed by atoms with van der Waals surface area (Å²) in [6.45, 7) is 11.8. The van der Waals surface area contributed by atoms with Crippen LogP contribution in [-0.4, -0.2) is 99.2 Å². The molecule has 1 saturated carbocycles. The number of nitrogens with one attached hydrogen (secondary N) is 1. The van der Waals surface area contributed by atoms with E-state index in [1.165, 1.54) is 0 Å². The van der Waals surface area contributed by atoms with Crippen LogP contribution < -0.4 is 19.9 Å². The van der Waals surface area contributed by atoms with E-state index >= 15 is 0 Å². The number of hydrogen-bond donors (Lipinski definition) is 1. The number of amides is 2. The maximum atomic E-state index is 13.6. The smallest absolute Gasteiger partial charge is 0.233 e. The monoisotopic (exact) mass is 612 g/mol. The highest BCUT2D eigenvalue weighted by Gasteiger charge is 2.61. The molecule has 1 aliphatic heterocycles. The summed E-state index contributed by atoms with van der Waals surface area (Å²) in [5, 5.41) is 3.51. The first-order valence-corrected chi connectivity index (χ1v) is 16.4. The van der Waals surface area contributed by atoms with E-state index in [-0.39, 0.29) is 17.7 Å². The Morgan fingerprint density at radius 1 is 0.956 bits per heavy atom. The zero-order valence-corrected chi connectivity index (χ0v) is 27.0. The number of carbonyl (C=O) groups is 2. The fourth-order valence-electron chi connectivity index (χ4n) is 6.68. The molecule has 240 valence electrons. The van der Waals surface area contributed by atoms with Gasteiger partial charge in [-0.3, -0.25) is 19.4 Å². The van der Waals surface area contributed by atoms with Crippen LogP contribution in [0.5, 0.6) is 5.75 Å². The van der Waals surface area contributed by atoms with Crippen molar-refractivity contribution in [3.8, 4) is 5.75 Å². The zero-order chi connectivity index (χ0) is 31.6. The number of para-hydroxylation sites is 2. The third-order valence-electron chi connectivity index (χ3n) is 9.40. The molecule has 0 spiro atoms. The van der Waals surface area contributed by atoms with Crippen molar-refractivity contribution in [2.24, 2.45) is 5.92 Å². The van der Waals surface area contributed by atoms with Crippen LogP contribution in [0.1, 0.15) is 32.3 Å². The molecule has 9 heteroatoms. The molecule has 45 heavy (non-hydrogen) atoms. The van der Waals surface area contributed by atoms with Crippen LogP contribution >= 0.6 is 0 Å². The van der Waals surface area contributed by atoms with E-state index in [4.69, 9.17) is 4.74 Å². The molecule has 1 N–H and O–H groups in total. The highest BCUT2D eigenvalue weighted by molar-refractivity contribution is 5.93. The fourth-order valence-corrected chi connectivity index (χ4v) is 6.68. The number of nitrogens with zero attached hydrogens (tertiary/aromatic N) is 5. The summed E-state index contributed by atoms with van der Waals surface area (Å²) in [5.74, 6) is 2.06. The van der Waals surface area contributed by atoms with Gasteiger partial charge in [0, 0.05) is 71.5 Å². The summed E-state index contributed by atoms with van der Waals surface area (Å²) in [5.41, 5.74) is 1.75. The second kappa shape index (κ2) is 15.4. The molecule has 2 aromatic carbocycles. The van der Waals surface area contributed by atoms with Crippen LogP contribution in [0, 0.1) is 5.92 Å². The largest absolute Gasteiger partial charge is 0.495 e. The van der Waals surface area contributed by atoms with Gasteiger partial charge in [0.1, 0.15) is 11.6 Å². The first-order chi connectivity index (χ1) is 22.0. The normalized spacial score (nSPS) is 19.6. The number of methoxy groups -OCH3 is 1. The van der Waals surface area contributed by atoms with Crippen LogP contribution in [0.4, 0.5) is 11.5 Å². The van der Waals surface area contributed by atoms with Gasteiger partial charge in [0.25, 0.3) is 0 Å². The third kappa shape index (κ3) is 7.48. The predicted octanol–water partition coefficient (Wildman–Crippen LogP) is 4.05. The second-order valence-electron chi connectivity index (χ2n) is 11.9. The van der Waals surface area contributed by atoms with Gasteiger partial charge in [0.2, 0.25) is 11.8 Å². The lowest BCUT2D eigenvalue weighted by Gasteiger charge is -2.37. The first kappa shape index (κ1) is 32.4. The molecule has 0 radical (unpaired) electrons. The van der Waals surface area contributed by atoms with E-state index in [0.29, 0.717) is 45.0 Å². The lowest BCUT2D eigenvalue weighted by Crippen LogP contribution is -2.49. The average Bonchev–Trinajstić information content (AvgIpc) is 3.83. The van der Waals surface area contributed by atoms with E-state index < -0.39 is 5.41 Å². The molecule has 2 amide bonds. The lowest BCUT2D eigenvalue weighted by atomic mass is 9.91. The number of aromatic nitrogens is 1. The predicted molar refractivity (Wildman–Crippen MR) is 180 cm³/mol. The average molecular weight is 613 g/mol. The van der Waals surface area contributed by atoms with Crippen LogP contribution in [0.2, 0.25) is 0 Å². The number of likely N-dealkylation sites (N-methyl/N-ethyl adjacent to an activating group) is 1. The van der Waals surface area contributed by atoms with Crippen molar-refractivity contribution < 1.29 is 14.3 Å². The maximum absolute atomic E-state index is 13.6. The second-order valence-corrected chi connectivity index (χ2v) is 11.9. The van der Waals surface area contributed by atoms with E-state index in [1.807, 2.05) is 78.2 Å². The molecule has 1 saturated heterocycles. The Bertz CT molecular complexity index is 1380. The van der Waals surface area contributed by atoms with Gasteiger partial charge < -0.3 is 19.9 Å². The van der Waals surface area contributed by atoms with Gasteiger partial charge in [0.15, 0.2) is 0 Å². The number of hydrogen-bond acceptors (Lipinski definition) is 7. The number of carbonyl (C=O) groups excluding carboxylic acids is 2. The molecular formula is C36H48N6O3. The summed E-state index contributed by atoms with van der Waals surface area (Å²) in [6, 6.07) is 24.0. The van der Waals surface area contributed by atoms with Crippen molar-refractivity contribution in [1.29, 1.82) is 0 Å². The Kier molecular flexibility index (Phi) is 11.1. The molecular weight excluding hydrogens is 564 g/mol. The Hall–Kier alpha value is -3.95. The molecule has 1 aromatic heterocycles. The highest BCUT2D eigenvalue weighted by atomic mass is 16.5. The molecule has 3 aromatic rings. The lowest BCUT2D eigenvalue weighted by molar-refractivity contribution is -0.134. The zero-order valence-electron chi connectivity index (χ0n) is 27.0. The standard InChI is InChI=1S/C36H48N6O3/c1-4-40(5-2)35(44)36(29-13-7-6-8-14-29)27-30(36)28-37-20-18-34(43)42(33-17-11-12-19-38-33)26-23-39-21-24-41(25-22-39)31-15-9-10-16-32(31)45-3/h6-17,19,30,37H,4-5,18,20-28H2,1-3H3. The molecule has 9 nitrogen and oxygen atoms in total. The van der Waals surface area contributed by atoms with Crippen molar-refractivity contribution in [3.05, 3.63) is 84.6 Å². The molecule has 5 rings (SSSR count). The summed E-state index contributed by atoms with van der Waals surface area (Å²) in [4.78, 5) is 40.2. The van der Waals surface area contributed by atoms with Gasteiger partial charge in [-0.05, 0) is 62.6 Å². The first-order valence-electron chi connectivity index (χ1n) is 16.4. The van der Waals surface area contributed by atoms with Gasteiger partial charge in [-0.1, -0.05) is 48.5 Å². The van der Waals surface area contributed by atoms with Crippen LogP contribution in [0.3, 0.4) is 0 Å². The van der Waals surface area contributed by atoms with Gasteiger partial charge in [-0.2, -0.15) is 0 Å². The SMILES string of the molecule is CCN(CC)C(=O)C1(c2ccccc2)CC1CNCCC(=O)N(CCN1CCN(c2ccccc2OC)CC1)c1ccccn1. The fraction of sp³-hybridized carbons (Fsp3) is 0.472. The number of piperazine rings is 1. The Morgan fingerprint density at radius 3 is 2.36 bits per heavy atom. The minimum atomic E-state index is -0.472. The molecule has 0 bridgehead atoms. The summed E-state index contributed by atoms with van der Waals surface area (Å²) < 4.78 is 5.57. The third-order valence-corrected chi connectivity index (χ3v) is 9.40. The number of ether oxygens (including phenoxy) is 1. The molecule has 2 heterocycles. The summed E-state index contributed by atoms with van der Waals surface area (Å²) in [7, 11) is 1.71. The minimum absolute atomic E-state index is 0.0539. The van der Waals surface area contributed by atoms with Gasteiger partial charge in [-0.25, -0.2) is 4.98 Å². The Labute approximate surface area is 268 Å². The Balaban J connectivity index is 1.13. The van der Waals surface area contributed by atoms with Gasteiger partial charge in [-0.15, -0.1) is 0 Å². The van der Waals surface area contributed by atoms with Crippen LogP contribution in [-0.2, 0) is 15.0 Å². The molecule has 2 atom stereocenters. The topological polar surface area (TPSA) is 81.3 Å². The van der Waals surface area contributed by atoms with E-state index in [1.54, 1.807) is 13.3 Å². The molecule has 2 aliphatic rings. The van der Waals surface area contributed by atoms with E-state index in [0.717, 1.165) is 56.1 Å². The highest BCUT2D eigenvalue weighted by Crippen LogP contribution is 2.55. The number of anilines is 2. The van der Waals surface area contributed by atoms with Crippen molar-refractivity contribution in [3.63, 3.8) is 0 Å². The van der Waals surface area contributed by atoms with Crippen molar-refractivity contribution in [2.45, 2.75) is 32.1 Å². The van der Waals surface area contributed by atoms with E-state index in [9.17, 15) is 9.59 Å². The van der Waals surface area contributed by atoms with Gasteiger partial charge in [0.05, 0.1) is 18.2 Å². The number of benzene rings is 2. The molecule has 1 aliphatic carbocycles. The number of rotatable bonds is 15. The van der Waals surface area contributed by atoms with Gasteiger partial charge >= 0.3 is 0 Å². The number of pyridine rings is 1. The van der Waals surface area contributed by atoms with Crippen molar-refractivity contribution in [2.75, 3.05) is 82.4 Å².